The summed E-state index contributed by atoms with van der Waals surface area (Å²) in [5.74, 6) is -0.550. The molecule has 1 atom stereocenters. The minimum Gasteiger partial charge on any atom is -0.370 e. The fourth-order valence-corrected chi connectivity index (χ4v) is 2.19. The van der Waals surface area contributed by atoms with E-state index in [0.717, 1.165) is 16.8 Å². The van der Waals surface area contributed by atoms with Crippen LogP contribution in [-0.4, -0.2) is 7.05 Å². The zero-order valence-corrected chi connectivity index (χ0v) is 11.6. The van der Waals surface area contributed by atoms with Crippen LogP contribution in [0.15, 0.2) is 42.5 Å². The van der Waals surface area contributed by atoms with Gasteiger partial charge >= 0.3 is 0 Å². The molecule has 0 radical (unpaired) electrons. The predicted molar refractivity (Wildman–Crippen MR) is 77.5 cm³/mol. The molecule has 0 saturated carbocycles. The van der Waals surface area contributed by atoms with Crippen molar-refractivity contribution >= 4 is 5.69 Å². The second kappa shape index (κ2) is 6.01. The average molecular weight is 276 g/mol. The number of hydrogen-bond acceptors (Lipinski definition) is 2. The Morgan fingerprint density at radius 1 is 1.05 bits per heavy atom. The van der Waals surface area contributed by atoms with Gasteiger partial charge in [-0.2, -0.15) is 0 Å². The Bertz CT molecular complexity index is 580. The summed E-state index contributed by atoms with van der Waals surface area (Å²) in [6.45, 7) is 2.43. The molecule has 0 aliphatic rings. The van der Waals surface area contributed by atoms with Gasteiger partial charge in [-0.1, -0.05) is 12.1 Å². The first-order chi connectivity index (χ1) is 9.47. The van der Waals surface area contributed by atoms with Gasteiger partial charge < -0.3 is 10.6 Å². The maximum atomic E-state index is 13.3. The Morgan fingerprint density at radius 3 is 2.25 bits per heavy atom. The van der Waals surface area contributed by atoms with Gasteiger partial charge in [0.1, 0.15) is 11.6 Å². The first kappa shape index (κ1) is 14.5. The molecule has 0 aliphatic carbocycles. The lowest BCUT2D eigenvalue weighted by molar-refractivity contribution is 0.621. The molecule has 0 spiro atoms. The number of rotatable bonds is 4. The standard InChI is InChI=1S/C16H18F2N2/c1-11(19)15-9-14(18)7-8-16(15)20(2)10-12-3-5-13(17)6-4-12/h3-9,11H,10,19H2,1-2H3/t11-/m0/s1. The molecular weight excluding hydrogens is 258 g/mol. The number of benzene rings is 2. The van der Waals surface area contributed by atoms with E-state index in [1.54, 1.807) is 18.2 Å². The molecule has 4 heteroatoms. The molecular formula is C16H18F2N2. The maximum Gasteiger partial charge on any atom is 0.123 e. The van der Waals surface area contributed by atoms with Crippen molar-refractivity contribution < 1.29 is 8.78 Å². The fraction of sp³-hybridized carbons (Fsp3) is 0.250. The Labute approximate surface area is 117 Å². The van der Waals surface area contributed by atoms with E-state index < -0.39 is 0 Å². The molecule has 0 fully saturated rings. The first-order valence-electron chi connectivity index (χ1n) is 6.48. The molecule has 2 rings (SSSR count). The lowest BCUT2D eigenvalue weighted by Crippen LogP contribution is -2.20. The molecule has 0 aromatic heterocycles. The summed E-state index contributed by atoms with van der Waals surface area (Å²) < 4.78 is 26.2. The van der Waals surface area contributed by atoms with Crippen molar-refractivity contribution in [1.29, 1.82) is 0 Å². The van der Waals surface area contributed by atoms with E-state index in [4.69, 9.17) is 5.73 Å². The van der Waals surface area contributed by atoms with Crippen LogP contribution in [0.5, 0.6) is 0 Å². The highest BCUT2D eigenvalue weighted by Crippen LogP contribution is 2.26. The largest absolute Gasteiger partial charge is 0.370 e. The van der Waals surface area contributed by atoms with Crippen LogP contribution in [0.3, 0.4) is 0 Å². The molecule has 0 bridgehead atoms. The number of halogens is 2. The molecule has 20 heavy (non-hydrogen) atoms. The van der Waals surface area contributed by atoms with Crippen LogP contribution in [0.4, 0.5) is 14.5 Å². The quantitative estimate of drug-likeness (QED) is 0.924. The molecule has 0 amide bonds. The first-order valence-corrected chi connectivity index (χ1v) is 6.48. The Morgan fingerprint density at radius 2 is 1.65 bits per heavy atom. The zero-order valence-electron chi connectivity index (χ0n) is 11.6. The van der Waals surface area contributed by atoms with Gasteiger partial charge in [0.25, 0.3) is 0 Å². The van der Waals surface area contributed by atoms with Gasteiger partial charge in [-0.15, -0.1) is 0 Å². The van der Waals surface area contributed by atoms with Crippen LogP contribution >= 0.6 is 0 Å². The van der Waals surface area contributed by atoms with Crippen molar-refractivity contribution in [3.63, 3.8) is 0 Å². The van der Waals surface area contributed by atoms with Crippen molar-refractivity contribution in [2.24, 2.45) is 5.73 Å². The summed E-state index contributed by atoms with van der Waals surface area (Å²) >= 11 is 0. The summed E-state index contributed by atoms with van der Waals surface area (Å²) in [4.78, 5) is 1.98. The van der Waals surface area contributed by atoms with E-state index in [9.17, 15) is 8.78 Å². The van der Waals surface area contributed by atoms with Gasteiger partial charge in [0.15, 0.2) is 0 Å². The van der Waals surface area contributed by atoms with Gasteiger partial charge in [-0.25, -0.2) is 8.78 Å². The number of nitrogens with two attached hydrogens (primary N) is 1. The van der Waals surface area contributed by atoms with Crippen LogP contribution in [0.1, 0.15) is 24.1 Å². The molecule has 106 valence electrons. The van der Waals surface area contributed by atoms with Crippen LogP contribution in [-0.2, 0) is 6.54 Å². The van der Waals surface area contributed by atoms with E-state index in [2.05, 4.69) is 0 Å². The topological polar surface area (TPSA) is 29.3 Å². The summed E-state index contributed by atoms with van der Waals surface area (Å²) in [7, 11) is 1.91. The van der Waals surface area contributed by atoms with Crippen molar-refractivity contribution in [3.05, 3.63) is 65.2 Å². The second-order valence-corrected chi connectivity index (χ2v) is 4.97. The third-order valence-corrected chi connectivity index (χ3v) is 3.22. The third-order valence-electron chi connectivity index (χ3n) is 3.22. The van der Waals surface area contributed by atoms with Gasteiger partial charge in [0.05, 0.1) is 0 Å². The van der Waals surface area contributed by atoms with Crippen LogP contribution in [0.2, 0.25) is 0 Å². The predicted octanol–water partition coefficient (Wildman–Crippen LogP) is 3.62. The van der Waals surface area contributed by atoms with Crippen LogP contribution < -0.4 is 10.6 Å². The van der Waals surface area contributed by atoms with Gasteiger partial charge in [-0.3, -0.25) is 0 Å². The van der Waals surface area contributed by atoms with Gasteiger partial charge in [0.2, 0.25) is 0 Å². The molecule has 0 heterocycles. The van der Waals surface area contributed by atoms with Gasteiger partial charge in [-0.05, 0) is 48.4 Å². The number of anilines is 1. The normalized spacial score (nSPS) is 12.2. The molecule has 2 nitrogen and oxygen atoms in total. The summed E-state index contributed by atoms with van der Waals surface area (Å²) in [6.07, 6.45) is 0. The van der Waals surface area contributed by atoms with Crippen LogP contribution in [0, 0.1) is 11.6 Å². The Balaban J connectivity index is 2.24. The van der Waals surface area contributed by atoms with Crippen molar-refractivity contribution in [2.75, 3.05) is 11.9 Å². The number of nitrogens with zero attached hydrogens (tertiary/aromatic N) is 1. The minimum absolute atomic E-state index is 0.253. The average Bonchev–Trinajstić information content (AvgIpc) is 2.41. The van der Waals surface area contributed by atoms with E-state index in [1.165, 1.54) is 24.3 Å². The van der Waals surface area contributed by atoms with E-state index in [0.29, 0.717) is 6.54 Å². The van der Waals surface area contributed by atoms with E-state index >= 15 is 0 Å². The molecule has 2 aromatic rings. The van der Waals surface area contributed by atoms with Gasteiger partial charge in [0, 0.05) is 25.3 Å². The summed E-state index contributed by atoms with van der Waals surface area (Å²) in [5, 5.41) is 0. The highest BCUT2D eigenvalue weighted by atomic mass is 19.1. The lowest BCUT2D eigenvalue weighted by atomic mass is 10.1. The number of hydrogen-bond donors (Lipinski definition) is 1. The Hall–Kier alpha value is -1.94. The SMILES string of the molecule is C[C@H](N)c1cc(F)ccc1N(C)Cc1ccc(F)cc1. The van der Waals surface area contributed by atoms with E-state index in [1.807, 2.05) is 18.9 Å². The van der Waals surface area contributed by atoms with Crippen LogP contribution in [0.25, 0.3) is 0 Å². The third kappa shape index (κ3) is 3.33. The highest BCUT2D eigenvalue weighted by Gasteiger charge is 2.12. The molecule has 0 unspecified atom stereocenters. The van der Waals surface area contributed by atoms with E-state index in [-0.39, 0.29) is 17.7 Å². The highest BCUT2D eigenvalue weighted by molar-refractivity contribution is 5.54. The minimum atomic E-state index is -0.295. The Kier molecular flexibility index (Phi) is 4.35. The monoisotopic (exact) mass is 276 g/mol. The summed E-state index contributed by atoms with van der Waals surface area (Å²) in [6, 6.07) is 10.7. The maximum absolute atomic E-state index is 13.3. The smallest absolute Gasteiger partial charge is 0.123 e. The fourth-order valence-electron chi connectivity index (χ4n) is 2.19. The molecule has 2 N–H and O–H groups in total. The zero-order chi connectivity index (χ0) is 14.7. The van der Waals surface area contributed by atoms with Crippen molar-refractivity contribution in [3.8, 4) is 0 Å². The summed E-state index contributed by atoms with van der Waals surface area (Å²) in [5.41, 5.74) is 8.51. The second-order valence-electron chi connectivity index (χ2n) is 4.97. The molecule has 0 aliphatic heterocycles. The lowest BCUT2D eigenvalue weighted by Gasteiger charge is -2.24. The molecule has 2 aromatic carbocycles. The molecule has 0 saturated heterocycles. The van der Waals surface area contributed by atoms with Crippen molar-refractivity contribution in [2.45, 2.75) is 19.5 Å². The van der Waals surface area contributed by atoms with Crippen molar-refractivity contribution in [1.82, 2.24) is 0 Å².